The van der Waals surface area contributed by atoms with Gasteiger partial charge in [0.1, 0.15) is 0 Å². The molecule has 3 heterocycles. The van der Waals surface area contributed by atoms with Crippen LogP contribution in [-0.2, 0) is 6.42 Å². The number of carbonyl (C=O) groups excluding carboxylic acids is 1. The lowest BCUT2D eigenvalue weighted by atomic mass is 9.89. The Morgan fingerprint density at radius 3 is 2.81 bits per heavy atom. The maximum absolute atomic E-state index is 13.1. The van der Waals surface area contributed by atoms with Crippen LogP contribution in [0.2, 0.25) is 0 Å². The van der Waals surface area contributed by atoms with Crippen LogP contribution in [0.3, 0.4) is 0 Å². The zero-order valence-electron chi connectivity index (χ0n) is 16.6. The monoisotopic (exact) mass is 370 g/mol. The number of hydrogen-bond donors (Lipinski definition) is 2. The minimum Gasteiger partial charge on any atom is -0.352 e. The smallest absolute Gasteiger partial charge is 0.259 e. The Balaban J connectivity index is 1.63. The zero-order valence-corrected chi connectivity index (χ0v) is 16.6. The Hall–Kier alpha value is -1.95. The van der Waals surface area contributed by atoms with Gasteiger partial charge in [0.15, 0.2) is 0 Å². The van der Waals surface area contributed by atoms with Gasteiger partial charge in [0.2, 0.25) is 0 Å². The number of nitrogens with zero attached hydrogens (tertiary/aromatic N) is 2. The van der Waals surface area contributed by atoms with Crippen molar-refractivity contribution < 1.29 is 9.32 Å². The Morgan fingerprint density at radius 2 is 2.15 bits per heavy atom. The average Bonchev–Trinajstić information content (AvgIpc) is 3.41. The SMILES string of the molecule is CC(C)(C)Cc1noc2nc(C3CC3)cc(C(=O)NCC3CCCNC3)c12. The van der Waals surface area contributed by atoms with Crippen LogP contribution in [0.4, 0.5) is 0 Å². The third kappa shape index (κ3) is 4.32. The Labute approximate surface area is 160 Å². The van der Waals surface area contributed by atoms with Gasteiger partial charge in [0.25, 0.3) is 11.6 Å². The predicted octanol–water partition coefficient (Wildman–Crippen LogP) is 3.42. The van der Waals surface area contributed by atoms with Crippen molar-refractivity contribution in [3.8, 4) is 0 Å². The van der Waals surface area contributed by atoms with Gasteiger partial charge in [0.05, 0.1) is 16.6 Å². The van der Waals surface area contributed by atoms with Crippen molar-refractivity contribution in [3.63, 3.8) is 0 Å². The van der Waals surface area contributed by atoms with Crippen LogP contribution < -0.4 is 10.6 Å². The molecule has 0 bridgehead atoms. The summed E-state index contributed by atoms with van der Waals surface area (Å²) in [5, 5.41) is 11.6. The molecule has 1 aliphatic heterocycles. The fourth-order valence-electron chi connectivity index (χ4n) is 3.85. The van der Waals surface area contributed by atoms with E-state index in [1.165, 1.54) is 6.42 Å². The molecule has 2 aromatic heterocycles. The topological polar surface area (TPSA) is 80.0 Å². The highest BCUT2D eigenvalue weighted by Crippen LogP contribution is 2.41. The van der Waals surface area contributed by atoms with Gasteiger partial charge in [-0.15, -0.1) is 0 Å². The molecule has 6 heteroatoms. The number of fused-ring (bicyclic) bond motifs is 1. The van der Waals surface area contributed by atoms with Crippen LogP contribution in [0.1, 0.15) is 74.1 Å². The summed E-state index contributed by atoms with van der Waals surface area (Å²) in [6.45, 7) is 9.24. The molecular formula is C21H30N4O2. The molecule has 0 aromatic carbocycles. The lowest BCUT2D eigenvalue weighted by Gasteiger charge is -2.23. The minimum atomic E-state index is -0.0340. The van der Waals surface area contributed by atoms with E-state index in [0.29, 0.717) is 29.7 Å². The van der Waals surface area contributed by atoms with Gasteiger partial charge in [-0.25, -0.2) is 4.98 Å². The molecule has 0 radical (unpaired) electrons. The maximum Gasteiger partial charge on any atom is 0.259 e. The summed E-state index contributed by atoms with van der Waals surface area (Å²) in [5.74, 6) is 0.923. The number of amides is 1. The highest BCUT2D eigenvalue weighted by molar-refractivity contribution is 6.06. The van der Waals surface area contributed by atoms with Gasteiger partial charge in [0, 0.05) is 18.2 Å². The second-order valence-electron chi connectivity index (χ2n) is 9.34. The standard InChI is InChI=1S/C21H30N4O2/c1-21(2,3)10-17-18-15(19(26)23-12-13-5-4-8-22-11-13)9-16(14-6-7-14)24-20(18)27-25-17/h9,13-14,22H,4-8,10-12H2,1-3H3,(H,23,26). The van der Waals surface area contributed by atoms with E-state index in [2.05, 4.69) is 41.5 Å². The van der Waals surface area contributed by atoms with Crippen molar-refractivity contribution in [2.45, 2.75) is 58.8 Å². The summed E-state index contributed by atoms with van der Waals surface area (Å²) in [5.41, 5.74) is 3.03. The van der Waals surface area contributed by atoms with E-state index in [-0.39, 0.29) is 11.3 Å². The Kier molecular flexibility index (Phi) is 4.93. The van der Waals surface area contributed by atoms with Crippen LogP contribution in [0.15, 0.2) is 10.6 Å². The Bertz CT molecular complexity index is 827. The molecule has 27 heavy (non-hydrogen) atoms. The Morgan fingerprint density at radius 1 is 1.33 bits per heavy atom. The number of hydrogen-bond acceptors (Lipinski definition) is 5. The van der Waals surface area contributed by atoms with Gasteiger partial charge in [-0.3, -0.25) is 4.79 Å². The van der Waals surface area contributed by atoms with Crippen molar-refractivity contribution in [2.75, 3.05) is 19.6 Å². The number of carbonyl (C=O) groups is 1. The van der Waals surface area contributed by atoms with Gasteiger partial charge < -0.3 is 15.2 Å². The molecule has 0 spiro atoms. The van der Waals surface area contributed by atoms with Crippen molar-refractivity contribution >= 4 is 17.0 Å². The van der Waals surface area contributed by atoms with Gasteiger partial charge in [-0.2, -0.15) is 0 Å². The molecule has 1 saturated heterocycles. The van der Waals surface area contributed by atoms with Crippen LogP contribution in [-0.4, -0.2) is 35.7 Å². The predicted molar refractivity (Wildman–Crippen MR) is 105 cm³/mol. The number of aromatic nitrogens is 2. The van der Waals surface area contributed by atoms with E-state index in [0.717, 1.165) is 55.5 Å². The molecule has 1 aliphatic carbocycles. The second-order valence-corrected chi connectivity index (χ2v) is 9.34. The lowest BCUT2D eigenvalue weighted by molar-refractivity contribution is 0.0946. The quantitative estimate of drug-likeness (QED) is 0.843. The summed E-state index contributed by atoms with van der Waals surface area (Å²) in [6.07, 6.45) is 5.35. The summed E-state index contributed by atoms with van der Waals surface area (Å²) in [4.78, 5) is 17.7. The molecule has 2 aromatic rings. The van der Waals surface area contributed by atoms with E-state index in [9.17, 15) is 4.79 Å². The summed E-state index contributed by atoms with van der Waals surface area (Å²) < 4.78 is 5.55. The normalized spacial score (nSPS) is 20.8. The summed E-state index contributed by atoms with van der Waals surface area (Å²) in [6, 6.07) is 1.97. The van der Waals surface area contributed by atoms with E-state index in [1.807, 2.05) is 6.07 Å². The molecule has 1 atom stereocenters. The molecule has 1 unspecified atom stereocenters. The molecule has 6 nitrogen and oxygen atoms in total. The van der Waals surface area contributed by atoms with Crippen LogP contribution in [0.25, 0.3) is 11.1 Å². The van der Waals surface area contributed by atoms with Gasteiger partial charge >= 0.3 is 0 Å². The first-order chi connectivity index (χ1) is 12.9. The lowest BCUT2D eigenvalue weighted by Crippen LogP contribution is -2.38. The highest BCUT2D eigenvalue weighted by atomic mass is 16.5. The van der Waals surface area contributed by atoms with Crippen LogP contribution in [0.5, 0.6) is 0 Å². The first-order valence-corrected chi connectivity index (χ1v) is 10.2. The zero-order chi connectivity index (χ0) is 19.0. The van der Waals surface area contributed by atoms with Crippen molar-refractivity contribution in [1.29, 1.82) is 0 Å². The van der Waals surface area contributed by atoms with E-state index in [1.54, 1.807) is 0 Å². The number of piperidine rings is 1. The van der Waals surface area contributed by atoms with E-state index < -0.39 is 0 Å². The van der Waals surface area contributed by atoms with Crippen molar-refractivity contribution in [2.24, 2.45) is 11.3 Å². The van der Waals surface area contributed by atoms with Gasteiger partial charge in [-0.05, 0) is 62.6 Å². The minimum absolute atomic E-state index is 0.0340. The van der Waals surface area contributed by atoms with Crippen LogP contribution >= 0.6 is 0 Å². The molecule has 1 saturated carbocycles. The largest absolute Gasteiger partial charge is 0.352 e. The fraction of sp³-hybridized carbons (Fsp3) is 0.667. The molecular weight excluding hydrogens is 340 g/mol. The van der Waals surface area contributed by atoms with Crippen LogP contribution in [0, 0.1) is 11.3 Å². The molecule has 2 N–H and O–H groups in total. The average molecular weight is 370 g/mol. The first-order valence-electron chi connectivity index (χ1n) is 10.2. The third-order valence-corrected chi connectivity index (χ3v) is 5.43. The van der Waals surface area contributed by atoms with Crippen molar-refractivity contribution in [1.82, 2.24) is 20.8 Å². The molecule has 2 aliphatic rings. The molecule has 146 valence electrons. The van der Waals surface area contributed by atoms with E-state index in [4.69, 9.17) is 4.52 Å². The molecule has 4 rings (SSSR count). The number of pyridine rings is 1. The summed E-state index contributed by atoms with van der Waals surface area (Å²) >= 11 is 0. The third-order valence-electron chi connectivity index (χ3n) is 5.43. The highest BCUT2D eigenvalue weighted by Gasteiger charge is 2.30. The number of nitrogens with one attached hydrogen (secondary N) is 2. The molecule has 1 amide bonds. The molecule has 2 fully saturated rings. The second kappa shape index (κ2) is 7.23. The van der Waals surface area contributed by atoms with Crippen molar-refractivity contribution in [3.05, 3.63) is 23.0 Å². The maximum atomic E-state index is 13.1. The number of rotatable bonds is 5. The fourth-order valence-corrected chi connectivity index (χ4v) is 3.85. The summed E-state index contributed by atoms with van der Waals surface area (Å²) in [7, 11) is 0. The van der Waals surface area contributed by atoms with E-state index >= 15 is 0 Å². The van der Waals surface area contributed by atoms with Gasteiger partial charge in [-0.1, -0.05) is 25.9 Å². The first kappa shape index (κ1) is 18.4.